The molecule has 2 N–H and O–H groups in total. The van der Waals surface area contributed by atoms with Crippen molar-refractivity contribution < 1.29 is 5.11 Å². The van der Waals surface area contributed by atoms with Crippen LogP contribution in [0, 0.1) is 0 Å². The SMILES string of the molecule is Oc1cccc(CNc2cccnc2)c1. The predicted octanol–water partition coefficient (Wildman–Crippen LogP) is 2.40. The van der Waals surface area contributed by atoms with Crippen LogP contribution in [0.3, 0.4) is 0 Å². The number of nitrogens with zero attached hydrogens (tertiary/aromatic N) is 1. The Kier molecular flexibility index (Phi) is 2.83. The summed E-state index contributed by atoms with van der Waals surface area (Å²) in [7, 11) is 0. The fourth-order valence-corrected chi connectivity index (χ4v) is 1.34. The summed E-state index contributed by atoms with van der Waals surface area (Å²) >= 11 is 0. The summed E-state index contributed by atoms with van der Waals surface area (Å²) in [5.74, 6) is 0.292. The summed E-state index contributed by atoms with van der Waals surface area (Å²) in [5, 5.41) is 12.5. The van der Waals surface area contributed by atoms with Crippen LogP contribution in [0.2, 0.25) is 0 Å². The molecule has 2 rings (SSSR count). The molecule has 0 aliphatic carbocycles. The van der Waals surface area contributed by atoms with Crippen LogP contribution in [-0.2, 0) is 6.54 Å². The molecule has 3 heteroatoms. The fourth-order valence-electron chi connectivity index (χ4n) is 1.34. The Morgan fingerprint density at radius 1 is 1.20 bits per heavy atom. The summed E-state index contributed by atoms with van der Waals surface area (Å²) in [6.45, 7) is 0.681. The monoisotopic (exact) mass is 200 g/mol. The zero-order chi connectivity index (χ0) is 10.5. The molecule has 3 nitrogen and oxygen atoms in total. The molecule has 0 atom stereocenters. The molecule has 0 saturated heterocycles. The van der Waals surface area contributed by atoms with Gasteiger partial charge in [0, 0.05) is 18.9 Å². The van der Waals surface area contributed by atoms with E-state index in [2.05, 4.69) is 10.3 Å². The molecule has 1 aromatic heterocycles. The number of aromatic nitrogens is 1. The number of anilines is 1. The first-order valence-electron chi connectivity index (χ1n) is 4.76. The Morgan fingerprint density at radius 3 is 2.87 bits per heavy atom. The van der Waals surface area contributed by atoms with E-state index in [1.807, 2.05) is 24.3 Å². The van der Waals surface area contributed by atoms with E-state index in [0.29, 0.717) is 12.3 Å². The zero-order valence-electron chi connectivity index (χ0n) is 8.22. The van der Waals surface area contributed by atoms with Gasteiger partial charge in [0.15, 0.2) is 0 Å². The summed E-state index contributed by atoms with van der Waals surface area (Å²) in [6, 6.07) is 11.0. The van der Waals surface area contributed by atoms with E-state index in [1.165, 1.54) is 0 Å². The Balaban J connectivity index is 1.99. The normalized spacial score (nSPS) is 9.87. The van der Waals surface area contributed by atoms with Crippen LogP contribution in [0.4, 0.5) is 5.69 Å². The highest BCUT2D eigenvalue weighted by Crippen LogP contribution is 2.12. The molecule has 0 fully saturated rings. The molecule has 0 saturated carbocycles. The first-order valence-corrected chi connectivity index (χ1v) is 4.76. The van der Waals surface area contributed by atoms with Crippen LogP contribution in [0.5, 0.6) is 5.75 Å². The molecule has 1 heterocycles. The number of phenols is 1. The molecular formula is C12H12N2O. The van der Waals surface area contributed by atoms with Crippen LogP contribution < -0.4 is 5.32 Å². The van der Waals surface area contributed by atoms with Crippen LogP contribution >= 0.6 is 0 Å². The molecule has 76 valence electrons. The van der Waals surface area contributed by atoms with Crippen LogP contribution in [-0.4, -0.2) is 10.1 Å². The van der Waals surface area contributed by atoms with Gasteiger partial charge in [-0.05, 0) is 29.8 Å². The molecule has 0 spiro atoms. The van der Waals surface area contributed by atoms with Gasteiger partial charge in [-0.2, -0.15) is 0 Å². The number of pyridine rings is 1. The third-order valence-corrected chi connectivity index (χ3v) is 2.07. The lowest BCUT2D eigenvalue weighted by molar-refractivity contribution is 0.474. The minimum absolute atomic E-state index is 0.292. The van der Waals surface area contributed by atoms with Crippen LogP contribution in [0.25, 0.3) is 0 Å². The standard InChI is InChI=1S/C12H12N2O/c15-12-5-1-3-10(7-12)8-14-11-4-2-6-13-9-11/h1-7,9,14-15H,8H2. The van der Waals surface area contributed by atoms with Crippen molar-refractivity contribution in [3.63, 3.8) is 0 Å². The Bertz CT molecular complexity index is 429. The molecule has 0 radical (unpaired) electrons. The minimum Gasteiger partial charge on any atom is -0.508 e. The maximum absolute atomic E-state index is 9.27. The smallest absolute Gasteiger partial charge is 0.115 e. The second kappa shape index (κ2) is 4.46. The largest absolute Gasteiger partial charge is 0.508 e. The second-order valence-electron chi connectivity index (χ2n) is 3.27. The first-order chi connectivity index (χ1) is 7.34. The van der Waals surface area contributed by atoms with Crippen molar-refractivity contribution in [2.45, 2.75) is 6.54 Å². The highest BCUT2D eigenvalue weighted by atomic mass is 16.3. The predicted molar refractivity (Wildman–Crippen MR) is 59.7 cm³/mol. The lowest BCUT2D eigenvalue weighted by Crippen LogP contribution is -1.98. The quantitative estimate of drug-likeness (QED) is 0.799. The molecule has 0 aliphatic rings. The average molecular weight is 200 g/mol. The third kappa shape index (κ3) is 2.71. The number of nitrogens with one attached hydrogen (secondary N) is 1. The summed E-state index contributed by atoms with van der Waals surface area (Å²) < 4.78 is 0. The van der Waals surface area contributed by atoms with Gasteiger partial charge >= 0.3 is 0 Å². The first kappa shape index (κ1) is 9.52. The maximum atomic E-state index is 9.27. The number of rotatable bonds is 3. The van der Waals surface area contributed by atoms with E-state index >= 15 is 0 Å². The molecule has 1 aromatic carbocycles. The lowest BCUT2D eigenvalue weighted by atomic mass is 10.2. The van der Waals surface area contributed by atoms with Crippen LogP contribution in [0.15, 0.2) is 48.8 Å². The van der Waals surface area contributed by atoms with Gasteiger partial charge in [0.2, 0.25) is 0 Å². The van der Waals surface area contributed by atoms with E-state index in [4.69, 9.17) is 0 Å². The van der Waals surface area contributed by atoms with Crippen molar-refractivity contribution in [3.05, 3.63) is 54.4 Å². The fraction of sp³-hybridized carbons (Fsp3) is 0.0833. The van der Waals surface area contributed by atoms with Crippen molar-refractivity contribution in [1.82, 2.24) is 4.98 Å². The van der Waals surface area contributed by atoms with E-state index in [1.54, 1.807) is 24.5 Å². The van der Waals surface area contributed by atoms with Crippen LogP contribution in [0.1, 0.15) is 5.56 Å². The minimum atomic E-state index is 0.292. The van der Waals surface area contributed by atoms with E-state index < -0.39 is 0 Å². The highest BCUT2D eigenvalue weighted by Gasteiger charge is 1.94. The van der Waals surface area contributed by atoms with Gasteiger partial charge in [-0.15, -0.1) is 0 Å². The van der Waals surface area contributed by atoms with E-state index in [9.17, 15) is 5.11 Å². The average Bonchev–Trinajstić information content (AvgIpc) is 2.28. The molecule has 0 bridgehead atoms. The van der Waals surface area contributed by atoms with Gasteiger partial charge in [0.25, 0.3) is 0 Å². The Morgan fingerprint density at radius 2 is 2.13 bits per heavy atom. The molecular weight excluding hydrogens is 188 g/mol. The number of aromatic hydroxyl groups is 1. The van der Waals surface area contributed by atoms with Gasteiger partial charge in [0.05, 0.1) is 5.69 Å². The number of benzene rings is 1. The molecule has 0 amide bonds. The number of phenolic OH excluding ortho intramolecular Hbond substituents is 1. The van der Waals surface area contributed by atoms with Crippen molar-refractivity contribution in [1.29, 1.82) is 0 Å². The topological polar surface area (TPSA) is 45.1 Å². The Hall–Kier alpha value is -2.03. The number of hydrogen-bond acceptors (Lipinski definition) is 3. The molecule has 0 aliphatic heterocycles. The molecule has 0 unspecified atom stereocenters. The molecule has 15 heavy (non-hydrogen) atoms. The second-order valence-corrected chi connectivity index (χ2v) is 3.27. The lowest BCUT2D eigenvalue weighted by Gasteiger charge is -2.05. The summed E-state index contributed by atoms with van der Waals surface area (Å²) in [4.78, 5) is 4.00. The van der Waals surface area contributed by atoms with Crippen molar-refractivity contribution in [2.24, 2.45) is 0 Å². The molecule has 2 aromatic rings. The highest BCUT2D eigenvalue weighted by molar-refractivity contribution is 5.41. The van der Waals surface area contributed by atoms with E-state index in [0.717, 1.165) is 11.3 Å². The summed E-state index contributed by atoms with van der Waals surface area (Å²) in [6.07, 6.45) is 3.50. The van der Waals surface area contributed by atoms with Gasteiger partial charge < -0.3 is 10.4 Å². The Labute approximate surface area is 88.4 Å². The van der Waals surface area contributed by atoms with E-state index in [-0.39, 0.29) is 0 Å². The van der Waals surface area contributed by atoms with Crippen molar-refractivity contribution in [3.8, 4) is 5.75 Å². The maximum Gasteiger partial charge on any atom is 0.115 e. The number of hydrogen-bond donors (Lipinski definition) is 2. The summed E-state index contributed by atoms with van der Waals surface area (Å²) in [5.41, 5.74) is 2.01. The van der Waals surface area contributed by atoms with Gasteiger partial charge in [0.1, 0.15) is 5.75 Å². The van der Waals surface area contributed by atoms with Gasteiger partial charge in [-0.25, -0.2) is 0 Å². The third-order valence-electron chi connectivity index (χ3n) is 2.07. The zero-order valence-corrected chi connectivity index (χ0v) is 8.22. The van der Waals surface area contributed by atoms with Gasteiger partial charge in [-0.1, -0.05) is 12.1 Å². The van der Waals surface area contributed by atoms with Gasteiger partial charge in [-0.3, -0.25) is 4.98 Å². The van der Waals surface area contributed by atoms with Crippen molar-refractivity contribution in [2.75, 3.05) is 5.32 Å². The van der Waals surface area contributed by atoms with Crippen molar-refractivity contribution >= 4 is 5.69 Å².